The van der Waals surface area contributed by atoms with Crippen LogP contribution in [0.1, 0.15) is 42.9 Å². The molecule has 0 heterocycles. The van der Waals surface area contributed by atoms with Gasteiger partial charge < -0.3 is 10.5 Å². The summed E-state index contributed by atoms with van der Waals surface area (Å²) in [6, 6.07) is 4.72. The summed E-state index contributed by atoms with van der Waals surface area (Å²) in [5.74, 6) is 1.88. The van der Waals surface area contributed by atoms with Gasteiger partial charge in [-0.3, -0.25) is 0 Å². The van der Waals surface area contributed by atoms with E-state index in [-0.39, 0.29) is 6.04 Å². The van der Waals surface area contributed by atoms with Crippen molar-refractivity contribution >= 4 is 0 Å². The van der Waals surface area contributed by atoms with Crippen molar-refractivity contribution in [3.63, 3.8) is 0 Å². The molecule has 2 nitrogen and oxygen atoms in total. The first-order chi connectivity index (χ1) is 8.60. The molecular formula is C16H25NO. The number of benzene rings is 1. The number of hydrogen-bond acceptors (Lipinski definition) is 2. The van der Waals surface area contributed by atoms with Gasteiger partial charge in [-0.05, 0) is 62.1 Å². The van der Waals surface area contributed by atoms with Crippen LogP contribution in [0, 0.1) is 19.8 Å². The van der Waals surface area contributed by atoms with Crippen molar-refractivity contribution in [3.8, 4) is 5.75 Å². The Labute approximate surface area is 111 Å². The Morgan fingerprint density at radius 2 is 1.89 bits per heavy atom. The van der Waals surface area contributed by atoms with Gasteiger partial charge in [0, 0.05) is 6.04 Å². The predicted octanol–water partition coefficient (Wildman–Crippen LogP) is 3.37. The van der Waals surface area contributed by atoms with Gasteiger partial charge in [0.05, 0.1) is 6.61 Å². The topological polar surface area (TPSA) is 35.2 Å². The maximum atomic E-state index is 6.02. The highest BCUT2D eigenvalue weighted by atomic mass is 16.5. The first-order valence-corrected chi connectivity index (χ1v) is 7.08. The van der Waals surface area contributed by atoms with Crippen molar-refractivity contribution in [2.45, 2.75) is 52.5 Å². The largest absolute Gasteiger partial charge is 0.493 e. The summed E-state index contributed by atoms with van der Waals surface area (Å²) in [5, 5.41) is 0. The predicted molar refractivity (Wildman–Crippen MR) is 76.1 cm³/mol. The normalized spacial score (nSPS) is 16.7. The zero-order chi connectivity index (χ0) is 13.1. The van der Waals surface area contributed by atoms with Crippen LogP contribution in [0.15, 0.2) is 12.1 Å². The van der Waals surface area contributed by atoms with Crippen LogP contribution in [0.3, 0.4) is 0 Å². The van der Waals surface area contributed by atoms with Crippen molar-refractivity contribution in [1.29, 1.82) is 0 Å². The summed E-state index contributed by atoms with van der Waals surface area (Å²) in [6.07, 6.45) is 4.65. The highest BCUT2D eigenvalue weighted by Crippen LogP contribution is 2.32. The van der Waals surface area contributed by atoms with Crippen molar-refractivity contribution < 1.29 is 4.74 Å². The van der Waals surface area contributed by atoms with E-state index in [0.29, 0.717) is 0 Å². The fourth-order valence-electron chi connectivity index (χ4n) is 2.32. The molecule has 1 atom stereocenters. The van der Waals surface area contributed by atoms with E-state index >= 15 is 0 Å². The molecule has 0 aromatic heterocycles. The van der Waals surface area contributed by atoms with Crippen LogP contribution in [-0.2, 0) is 6.42 Å². The fourth-order valence-corrected chi connectivity index (χ4v) is 2.32. The lowest BCUT2D eigenvalue weighted by Gasteiger charge is -2.15. The third-order valence-electron chi connectivity index (χ3n) is 3.70. The Morgan fingerprint density at radius 1 is 1.28 bits per heavy atom. The molecule has 1 aliphatic carbocycles. The number of aryl methyl sites for hydroxylation is 2. The van der Waals surface area contributed by atoms with Gasteiger partial charge in [-0.2, -0.15) is 0 Å². The van der Waals surface area contributed by atoms with Gasteiger partial charge in [0.15, 0.2) is 0 Å². The molecule has 18 heavy (non-hydrogen) atoms. The standard InChI is InChI=1S/C16H25NO/c1-4-15(17)9-14-7-11(2)16(12(3)8-14)18-10-13-5-6-13/h7-8,13,15H,4-6,9-10,17H2,1-3H3. The van der Waals surface area contributed by atoms with E-state index in [1.165, 1.54) is 29.5 Å². The molecule has 1 aromatic rings. The molecule has 2 N–H and O–H groups in total. The Morgan fingerprint density at radius 3 is 2.39 bits per heavy atom. The summed E-state index contributed by atoms with van der Waals surface area (Å²) in [5.41, 5.74) is 9.84. The van der Waals surface area contributed by atoms with Crippen LogP contribution in [0.2, 0.25) is 0 Å². The smallest absolute Gasteiger partial charge is 0.125 e. The second-order valence-corrected chi connectivity index (χ2v) is 5.69. The molecule has 1 saturated carbocycles. The van der Waals surface area contributed by atoms with Crippen LogP contribution in [-0.4, -0.2) is 12.6 Å². The molecule has 0 saturated heterocycles. The minimum absolute atomic E-state index is 0.266. The molecular weight excluding hydrogens is 222 g/mol. The van der Waals surface area contributed by atoms with Gasteiger partial charge in [-0.15, -0.1) is 0 Å². The molecule has 0 amide bonds. The monoisotopic (exact) mass is 247 g/mol. The summed E-state index contributed by atoms with van der Waals surface area (Å²) in [6.45, 7) is 7.29. The van der Waals surface area contributed by atoms with Gasteiger partial charge in [0.1, 0.15) is 5.75 Å². The van der Waals surface area contributed by atoms with Gasteiger partial charge in [-0.1, -0.05) is 19.1 Å². The second kappa shape index (κ2) is 5.75. The van der Waals surface area contributed by atoms with Gasteiger partial charge >= 0.3 is 0 Å². The van der Waals surface area contributed by atoms with Crippen LogP contribution < -0.4 is 10.5 Å². The summed E-state index contributed by atoms with van der Waals surface area (Å²) < 4.78 is 5.95. The van der Waals surface area contributed by atoms with Crippen LogP contribution in [0.5, 0.6) is 5.75 Å². The van der Waals surface area contributed by atoms with Crippen LogP contribution >= 0.6 is 0 Å². The van der Waals surface area contributed by atoms with Crippen molar-refractivity contribution in [2.24, 2.45) is 11.7 Å². The van der Waals surface area contributed by atoms with E-state index in [2.05, 4.69) is 32.9 Å². The van der Waals surface area contributed by atoms with E-state index in [1.807, 2.05) is 0 Å². The quantitative estimate of drug-likeness (QED) is 0.836. The SMILES string of the molecule is CCC(N)Cc1cc(C)c(OCC2CC2)c(C)c1. The summed E-state index contributed by atoms with van der Waals surface area (Å²) in [7, 11) is 0. The number of rotatable bonds is 6. The minimum Gasteiger partial charge on any atom is -0.493 e. The van der Waals surface area contributed by atoms with Gasteiger partial charge in [0.2, 0.25) is 0 Å². The van der Waals surface area contributed by atoms with Crippen molar-refractivity contribution in [3.05, 3.63) is 28.8 Å². The summed E-state index contributed by atoms with van der Waals surface area (Å²) in [4.78, 5) is 0. The molecule has 1 unspecified atom stereocenters. The van der Waals surface area contributed by atoms with E-state index < -0.39 is 0 Å². The van der Waals surface area contributed by atoms with E-state index in [1.54, 1.807) is 0 Å². The average Bonchev–Trinajstić information content (AvgIpc) is 3.11. The molecule has 1 fully saturated rings. The van der Waals surface area contributed by atoms with Crippen molar-refractivity contribution in [2.75, 3.05) is 6.61 Å². The van der Waals surface area contributed by atoms with Crippen LogP contribution in [0.4, 0.5) is 0 Å². The lowest BCUT2D eigenvalue weighted by atomic mass is 9.99. The number of ether oxygens (including phenoxy) is 1. The maximum Gasteiger partial charge on any atom is 0.125 e. The first-order valence-electron chi connectivity index (χ1n) is 7.08. The molecule has 2 rings (SSSR count). The lowest BCUT2D eigenvalue weighted by Crippen LogP contribution is -2.21. The number of nitrogens with two attached hydrogens (primary N) is 1. The zero-order valence-corrected chi connectivity index (χ0v) is 11.8. The van der Waals surface area contributed by atoms with Gasteiger partial charge in [-0.25, -0.2) is 0 Å². The minimum atomic E-state index is 0.266. The third-order valence-corrected chi connectivity index (χ3v) is 3.70. The Hall–Kier alpha value is -1.02. The molecule has 0 spiro atoms. The average molecular weight is 247 g/mol. The Bertz CT molecular complexity index is 387. The molecule has 100 valence electrons. The van der Waals surface area contributed by atoms with E-state index in [9.17, 15) is 0 Å². The molecule has 0 aliphatic heterocycles. The fraction of sp³-hybridized carbons (Fsp3) is 0.625. The van der Waals surface area contributed by atoms with Crippen molar-refractivity contribution in [1.82, 2.24) is 0 Å². The third kappa shape index (κ3) is 3.49. The second-order valence-electron chi connectivity index (χ2n) is 5.69. The molecule has 1 aliphatic rings. The van der Waals surface area contributed by atoms with Gasteiger partial charge in [0.25, 0.3) is 0 Å². The van der Waals surface area contributed by atoms with E-state index in [4.69, 9.17) is 10.5 Å². The Kier molecular flexibility index (Phi) is 4.28. The zero-order valence-electron chi connectivity index (χ0n) is 11.8. The lowest BCUT2D eigenvalue weighted by molar-refractivity contribution is 0.296. The maximum absolute atomic E-state index is 6.02. The first kappa shape index (κ1) is 13.4. The van der Waals surface area contributed by atoms with Crippen LogP contribution in [0.25, 0.3) is 0 Å². The summed E-state index contributed by atoms with van der Waals surface area (Å²) >= 11 is 0. The highest BCUT2D eigenvalue weighted by molar-refractivity contribution is 5.43. The van der Waals surface area contributed by atoms with E-state index in [0.717, 1.165) is 31.1 Å². The molecule has 1 aromatic carbocycles. The number of hydrogen-bond donors (Lipinski definition) is 1. The molecule has 2 heteroatoms. The highest BCUT2D eigenvalue weighted by Gasteiger charge is 2.22. The molecule has 0 bridgehead atoms. The molecule has 0 radical (unpaired) electrons. The Balaban J connectivity index is 2.06.